The second-order valence-electron chi connectivity index (χ2n) is 9.81. The van der Waals surface area contributed by atoms with Crippen LogP contribution in [0.4, 0.5) is 17.1 Å². The number of rotatable bonds is 13. The molecule has 0 aromatic heterocycles. The van der Waals surface area contributed by atoms with E-state index >= 15 is 0 Å². The maximum Gasteiger partial charge on any atom is 0.337 e. The second-order valence-corrected chi connectivity index (χ2v) is 9.81. The van der Waals surface area contributed by atoms with E-state index in [4.69, 9.17) is 19.2 Å². The van der Waals surface area contributed by atoms with Crippen molar-refractivity contribution in [2.24, 2.45) is 4.99 Å². The Morgan fingerprint density at radius 2 is 1.55 bits per heavy atom. The molecule has 10 nitrogen and oxygen atoms in total. The smallest absolute Gasteiger partial charge is 0.337 e. The maximum atomic E-state index is 13.3. The van der Waals surface area contributed by atoms with Crippen LogP contribution in [0.2, 0.25) is 0 Å². The number of anilines is 2. The molecule has 42 heavy (non-hydrogen) atoms. The molecule has 1 aliphatic heterocycles. The first-order chi connectivity index (χ1) is 20.4. The monoisotopic (exact) mass is 572 g/mol. The van der Waals surface area contributed by atoms with Gasteiger partial charge in [0.05, 0.1) is 43.8 Å². The number of benzene rings is 3. The van der Waals surface area contributed by atoms with E-state index in [9.17, 15) is 14.4 Å². The predicted octanol–water partition coefficient (Wildman–Crippen LogP) is 3.89. The summed E-state index contributed by atoms with van der Waals surface area (Å²) in [6, 6.07) is 21.8. The van der Waals surface area contributed by atoms with Crippen LogP contribution < -0.4 is 10.2 Å². The van der Waals surface area contributed by atoms with Crippen LogP contribution in [0.25, 0.3) is 0 Å². The zero-order valence-electron chi connectivity index (χ0n) is 24.3. The van der Waals surface area contributed by atoms with Gasteiger partial charge in [-0.25, -0.2) is 4.79 Å². The highest BCUT2D eigenvalue weighted by Gasteiger charge is 2.36. The van der Waals surface area contributed by atoms with Gasteiger partial charge in [-0.15, -0.1) is 0 Å². The van der Waals surface area contributed by atoms with E-state index in [2.05, 4.69) is 5.32 Å². The minimum Gasteiger partial charge on any atom is -0.465 e. The Morgan fingerprint density at radius 1 is 0.881 bits per heavy atom. The van der Waals surface area contributed by atoms with Gasteiger partial charge in [0.2, 0.25) is 11.8 Å². The van der Waals surface area contributed by atoms with Crippen molar-refractivity contribution >= 4 is 40.6 Å². The van der Waals surface area contributed by atoms with Gasteiger partial charge >= 0.3 is 5.97 Å². The number of methoxy groups -OCH3 is 3. The molecule has 1 N–H and O–H groups in total. The first-order valence-corrected chi connectivity index (χ1v) is 13.6. The number of esters is 1. The Bertz CT molecular complexity index is 1420. The third kappa shape index (κ3) is 7.27. The lowest BCUT2D eigenvalue weighted by molar-refractivity contribution is -0.119. The van der Waals surface area contributed by atoms with Crippen molar-refractivity contribution in [1.82, 2.24) is 4.90 Å². The molecule has 0 fully saturated rings. The molecule has 0 bridgehead atoms. The number of carbonyl (C=O) groups is 3. The third-order valence-electron chi connectivity index (χ3n) is 7.09. The minimum absolute atomic E-state index is 0.0611. The summed E-state index contributed by atoms with van der Waals surface area (Å²) in [6.45, 7) is 2.52. The Balaban J connectivity index is 1.59. The maximum absolute atomic E-state index is 13.3. The van der Waals surface area contributed by atoms with Gasteiger partial charge in [0.15, 0.2) is 0 Å². The van der Waals surface area contributed by atoms with E-state index in [1.54, 1.807) is 44.4 Å². The molecular formula is C32H36N4O6. The van der Waals surface area contributed by atoms with E-state index in [1.165, 1.54) is 7.11 Å². The molecule has 0 spiro atoms. The van der Waals surface area contributed by atoms with Gasteiger partial charge in [0, 0.05) is 45.7 Å². The van der Waals surface area contributed by atoms with Crippen molar-refractivity contribution in [3.05, 3.63) is 89.5 Å². The largest absolute Gasteiger partial charge is 0.465 e. The Kier molecular flexibility index (Phi) is 10.6. The number of nitrogens with one attached hydrogen (secondary N) is 1. The highest BCUT2D eigenvalue weighted by Crippen LogP contribution is 2.37. The average molecular weight is 573 g/mol. The van der Waals surface area contributed by atoms with Crippen molar-refractivity contribution in [2.45, 2.75) is 5.92 Å². The molecule has 0 aliphatic carbocycles. The van der Waals surface area contributed by atoms with Crippen LogP contribution in [-0.2, 0) is 23.8 Å². The number of carbonyl (C=O) groups excluding carboxylic acids is 3. The Hall–Kier alpha value is -4.38. The summed E-state index contributed by atoms with van der Waals surface area (Å²) < 4.78 is 15.2. The quantitative estimate of drug-likeness (QED) is 0.245. The van der Waals surface area contributed by atoms with Crippen LogP contribution in [0.15, 0.2) is 77.8 Å². The van der Waals surface area contributed by atoms with E-state index in [0.717, 1.165) is 16.8 Å². The molecule has 0 saturated carbocycles. The van der Waals surface area contributed by atoms with Crippen molar-refractivity contribution in [3.63, 3.8) is 0 Å². The lowest BCUT2D eigenvalue weighted by atomic mass is 9.90. The summed E-state index contributed by atoms with van der Waals surface area (Å²) >= 11 is 0. The van der Waals surface area contributed by atoms with Gasteiger partial charge in [0.25, 0.3) is 0 Å². The number of hydrogen-bond acceptors (Lipinski definition) is 8. The van der Waals surface area contributed by atoms with Gasteiger partial charge < -0.3 is 24.4 Å². The molecule has 4 rings (SSSR count). The van der Waals surface area contributed by atoms with Crippen LogP contribution in [0, 0.1) is 0 Å². The number of amides is 2. The normalized spacial score (nSPS) is 14.5. The lowest BCUT2D eigenvalue weighted by Gasteiger charge is -2.24. The fourth-order valence-corrected chi connectivity index (χ4v) is 4.73. The van der Waals surface area contributed by atoms with Crippen LogP contribution in [-0.4, -0.2) is 89.6 Å². The van der Waals surface area contributed by atoms with E-state index in [-0.39, 0.29) is 18.4 Å². The van der Waals surface area contributed by atoms with Crippen LogP contribution >= 0.6 is 0 Å². The molecule has 1 atom stereocenters. The Labute approximate surface area is 245 Å². The van der Waals surface area contributed by atoms with E-state index < -0.39 is 11.9 Å². The number of aliphatic imine (C=N–C) groups is 1. The minimum atomic E-state index is -0.678. The van der Waals surface area contributed by atoms with Gasteiger partial charge in [-0.3, -0.25) is 19.5 Å². The highest BCUT2D eigenvalue weighted by atomic mass is 16.5. The topological polar surface area (TPSA) is 110 Å². The molecule has 0 radical (unpaired) electrons. The molecule has 220 valence electrons. The van der Waals surface area contributed by atoms with Crippen molar-refractivity contribution in [2.75, 3.05) is 71.4 Å². The van der Waals surface area contributed by atoms with Crippen LogP contribution in [0.1, 0.15) is 27.4 Å². The summed E-state index contributed by atoms with van der Waals surface area (Å²) in [7, 11) is 6.32. The molecule has 1 aliphatic rings. The SMILES string of the molecule is COCCN(CCOC)CC(=O)N(C)c1ccc(N=C(c2ccccc2)C2C(=O)Nc3cc(C(=O)OC)ccc32)cc1. The second kappa shape index (κ2) is 14.5. The van der Waals surface area contributed by atoms with E-state index in [1.807, 2.05) is 59.5 Å². The van der Waals surface area contributed by atoms with Gasteiger partial charge in [-0.1, -0.05) is 36.4 Å². The molecule has 1 heterocycles. The zero-order valence-corrected chi connectivity index (χ0v) is 24.3. The fourth-order valence-electron chi connectivity index (χ4n) is 4.73. The van der Waals surface area contributed by atoms with Crippen molar-refractivity contribution < 1.29 is 28.6 Å². The van der Waals surface area contributed by atoms with Gasteiger partial charge in [-0.2, -0.15) is 0 Å². The molecule has 1 unspecified atom stereocenters. The third-order valence-corrected chi connectivity index (χ3v) is 7.09. The number of nitrogens with zero attached hydrogens (tertiary/aromatic N) is 3. The van der Waals surface area contributed by atoms with Crippen molar-refractivity contribution in [3.8, 4) is 0 Å². The fraction of sp³-hybridized carbons (Fsp3) is 0.312. The molecule has 3 aromatic carbocycles. The summed E-state index contributed by atoms with van der Waals surface area (Å²) in [4.78, 5) is 46.8. The van der Waals surface area contributed by atoms with Crippen LogP contribution in [0.3, 0.4) is 0 Å². The van der Waals surface area contributed by atoms with Gasteiger partial charge in [0.1, 0.15) is 5.92 Å². The number of likely N-dealkylation sites (N-methyl/N-ethyl adjacent to an activating group) is 1. The zero-order chi connectivity index (χ0) is 30.1. The molecule has 3 aromatic rings. The number of hydrogen-bond donors (Lipinski definition) is 1. The van der Waals surface area contributed by atoms with E-state index in [0.29, 0.717) is 49.0 Å². The standard InChI is InChI=1S/C32H36N4O6/c1-35(28(37)21-36(16-18-40-2)17-19-41-3)25-13-11-24(12-14-25)33-30(22-8-6-5-7-9-22)29-26-15-10-23(32(39)42-4)20-27(26)34-31(29)38/h5-15,20,29H,16-19,21H2,1-4H3,(H,34,38). The first kappa shape index (κ1) is 30.6. The summed E-state index contributed by atoms with van der Waals surface area (Å²) in [5.74, 6) is -1.45. The predicted molar refractivity (Wildman–Crippen MR) is 162 cm³/mol. The summed E-state index contributed by atoms with van der Waals surface area (Å²) in [6.07, 6.45) is 0. The molecule has 2 amide bonds. The highest BCUT2D eigenvalue weighted by molar-refractivity contribution is 6.24. The van der Waals surface area contributed by atoms with Gasteiger partial charge in [-0.05, 0) is 47.5 Å². The molecule has 0 saturated heterocycles. The number of ether oxygens (including phenoxy) is 3. The Morgan fingerprint density at radius 3 is 2.17 bits per heavy atom. The lowest BCUT2D eigenvalue weighted by Crippen LogP contribution is -2.41. The molecule has 10 heteroatoms. The average Bonchev–Trinajstić information content (AvgIpc) is 3.35. The summed E-state index contributed by atoms with van der Waals surface area (Å²) in [5, 5.41) is 2.89. The van der Waals surface area contributed by atoms with Crippen LogP contribution in [0.5, 0.6) is 0 Å². The number of fused-ring (bicyclic) bond motifs is 1. The molecular weight excluding hydrogens is 536 g/mol. The summed E-state index contributed by atoms with van der Waals surface area (Å²) in [5.41, 5.74) is 4.35. The first-order valence-electron chi connectivity index (χ1n) is 13.6. The van der Waals surface area contributed by atoms with Crippen molar-refractivity contribution in [1.29, 1.82) is 0 Å².